The molecule has 1 aromatic carbocycles. The first kappa shape index (κ1) is 16.4. The molecular weight excluding hydrogens is 320 g/mol. The highest BCUT2D eigenvalue weighted by molar-refractivity contribution is 5.95. The largest absolute Gasteiger partial charge is 0.378 e. The molecule has 0 bridgehead atoms. The van der Waals surface area contributed by atoms with Crippen LogP contribution in [-0.2, 0) is 20.9 Å². The molecule has 24 heavy (non-hydrogen) atoms. The number of hydrogen-bond donors (Lipinski definition) is 1. The van der Waals surface area contributed by atoms with Crippen molar-refractivity contribution >= 4 is 28.4 Å². The molecule has 0 spiro atoms. The SMILES string of the molecule is O=C(Nc1ccc2c(ccn2CC(=O)N2CCOCC2)c1)C(F)F. The second kappa shape index (κ2) is 6.96. The van der Waals surface area contributed by atoms with Crippen LogP contribution in [0.5, 0.6) is 0 Å². The van der Waals surface area contributed by atoms with Gasteiger partial charge in [-0.2, -0.15) is 8.78 Å². The summed E-state index contributed by atoms with van der Waals surface area (Å²) in [4.78, 5) is 25.1. The van der Waals surface area contributed by atoms with E-state index in [9.17, 15) is 18.4 Å². The van der Waals surface area contributed by atoms with E-state index in [0.717, 1.165) is 10.9 Å². The van der Waals surface area contributed by atoms with Gasteiger partial charge in [-0.25, -0.2) is 0 Å². The molecule has 0 unspecified atom stereocenters. The van der Waals surface area contributed by atoms with Crippen molar-refractivity contribution in [3.05, 3.63) is 30.5 Å². The fourth-order valence-electron chi connectivity index (χ4n) is 2.67. The topological polar surface area (TPSA) is 63.6 Å². The molecule has 1 aromatic heterocycles. The molecule has 128 valence electrons. The Bertz CT molecular complexity index is 754. The Balaban J connectivity index is 1.73. The highest BCUT2D eigenvalue weighted by atomic mass is 19.3. The number of rotatable bonds is 4. The standard InChI is InChI=1S/C16H17F2N3O3/c17-15(18)16(23)19-12-1-2-13-11(9-12)3-4-21(13)10-14(22)20-5-7-24-8-6-20/h1-4,9,15H,5-8,10H2,(H,19,23). The third-order valence-corrected chi connectivity index (χ3v) is 3.91. The number of halogens is 2. The molecule has 1 N–H and O–H groups in total. The Labute approximate surface area is 137 Å². The van der Waals surface area contributed by atoms with E-state index in [0.29, 0.717) is 32.0 Å². The quantitative estimate of drug-likeness (QED) is 0.924. The van der Waals surface area contributed by atoms with E-state index < -0.39 is 12.3 Å². The lowest BCUT2D eigenvalue weighted by atomic mass is 10.2. The van der Waals surface area contributed by atoms with Gasteiger partial charge < -0.3 is 19.5 Å². The number of anilines is 1. The monoisotopic (exact) mass is 337 g/mol. The molecular formula is C16H17F2N3O3. The van der Waals surface area contributed by atoms with Crippen molar-refractivity contribution < 1.29 is 23.1 Å². The minimum atomic E-state index is -3.06. The van der Waals surface area contributed by atoms with E-state index >= 15 is 0 Å². The predicted octanol–water partition coefficient (Wildman–Crippen LogP) is 1.70. The van der Waals surface area contributed by atoms with Crippen molar-refractivity contribution in [2.45, 2.75) is 13.0 Å². The van der Waals surface area contributed by atoms with E-state index in [1.807, 2.05) is 0 Å². The van der Waals surface area contributed by atoms with Crippen LogP contribution in [-0.4, -0.2) is 54.0 Å². The Morgan fingerprint density at radius 3 is 2.67 bits per heavy atom. The number of ether oxygens (including phenoxy) is 1. The zero-order chi connectivity index (χ0) is 17.1. The molecule has 6 nitrogen and oxygen atoms in total. The van der Waals surface area contributed by atoms with Gasteiger partial charge in [-0.3, -0.25) is 9.59 Å². The van der Waals surface area contributed by atoms with Gasteiger partial charge in [0.05, 0.1) is 13.2 Å². The van der Waals surface area contributed by atoms with Crippen LogP contribution in [0.4, 0.5) is 14.5 Å². The lowest BCUT2D eigenvalue weighted by Gasteiger charge is -2.27. The summed E-state index contributed by atoms with van der Waals surface area (Å²) in [5, 5.41) is 2.91. The highest BCUT2D eigenvalue weighted by Gasteiger charge is 2.18. The van der Waals surface area contributed by atoms with Crippen molar-refractivity contribution in [1.82, 2.24) is 9.47 Å². The molecule has 2 amide bonds. The summed E-state index contributed by atoms with van der Waals surface area (Å²) in [6, 6.07) is 6.62. The van der Waals surface area contributed by atoms with Gasteiger partial charge in [0.15, 0.2) is 0 Å². The summed E-state index contributed by atoms with van der Waals surface area (Å²) in [6.07, 6.45) is -1.29. The van der Waals surface area contributed by atoms with E-state index in [4.69, 9.17) is 4.74 Å². The minimum Gasteiger partial charge on any atom is -0.378 e. The summed E-state index contributed by atoms with van der Waals surface area (Å²) in [5.74, 6) is -1.33. The van der Waals surface area contributed by atoms with Crippen LogP contribution in [0.1, 0.15) is 0 Å². The molecule has 1 aliphatic heterocycles. The lowest BCUT2D eigenvalue weighted by Crippen LogP contribution is -2.42. The van der Waals surface area contributed by atoms with Crippen LogP contribution in [0.2, 0.25) is 0 Å². The number of benzene rings is 1. The van der Waals surface area contributed by atoms with Crippen molar-refractivity contribution in [2.75, 3.05) is 31.6 Å². The Morgan fingerprint density at radius 1 is 1.21 bits per heavy atom. The van der Waals surface area contributed by atoms with Gasteiger partial charge >= 0.3 is 6.43 Å². The molecule has 1 fully saturated rings. The fraction of sp³-hybridized carbons (Fsp3) is 0.375. The van der Waals surface area contributed by atoms with Crippen LogP contribution >= 0.6 is 0 Å². The normalized spacial score (nSPS) is 15.0. The molecule has 3 rings (SSSR count). The second-order valence-electron chi connectivity index (χ2n) is 5.50. The van der Waals surface area contributed by atoms with E-state index in [-0.39, 0.29) is 12.5 Å². The molecule has 0 saturated carbocycles. The first-order chi connectivity index (χ1) is 11.5. The van der Waals surface area contributed by atoms with Crippen LogP contribution in [0.3, 0.4) is 0 Å². The van der Waals surface area contributed by atoms with Crippen LogP contribution in [0, 0.1) is 0 Å². The number of nitrogens with one attached hydrogen (secondary N) is 1. The molecule has 1 aliphatic rings. The van der Waals surface area contributed by atoms with Gasteiger partial charge in [0.1, 0.15) is 6.54 Å². The van der Waals surface area contributed by atoms with E-state index in [1.165, 1.54) is 0 Å². The first-order valence-corrected chi connectivity index (χ1v) is 7.58. The van der Waals surface area contributed by atoms with Crippen LogP contribution in [0.25, 0.3) is 10.9 Å². The molecule has 0 aliphatic carbocycles. The van der Waals surface area contributed by atoms with Gasteiger partial charge in [-0.1, -0.05) is 0 Å². The Morgan fingerprint density at radius 2 is 1.96 bits per heavy atom. The number of morpholine rings is 1. The summed E-state index contributed by atoms with van der Waals surface area (Å²) in [6.45, 7) is 2.46. The second-order valence-corrected chi connectivity index (χ2v) is 5.50. The number of amides is 2. The number of fused-ring (bicyclic) bond motifs is 1. The van der Waals surface area contributed by atoms with Crippen LogP contribution < -0.4 is 5.32 Å². The number of aromatic nitrogens is 1. The molecule has 8 heteroatoms. The van der Waals surface area contributed by atoms with Gasteiger partial charge in [-0.15, -0.1) is 0 Å². The van der Waals surface area contributed by atoms with Gasteiger partial charge in [0.25, 0.3) is 5.91 Å². The summed E-state index contributed by atoms with van der Waals surface area (Å²) in [7, 11) is 0. The number of nitrogens with zero attached hydrogens (tertiary/aromatic N) is 2. The zero-order valence-electron chi connectivity index (χ0n) is 12.9. The average Bonchev–Trinajstić information content (AvgIpc) is 2.97. The maximum absolute atomic E-state index is 12.3. The summed E-state index contributed by atoms with van der Waals surface area (Å²) < 4.78 is 31.6. The van der Waals surface area contributed by atoms with Crippen molar-refractivity contribution in [3.8, 4) is 0 Å². The van der Waals surface area contributed by atoms with Crippen molar-refractivity contribution in [2.24, 2.45) is 0 Å². The maximum Gasteiger partial charge on any atom is 0.315 e. The molecule has 2 aromatic rings. The minimum absolute atomic E-state index is 0.00544. The highest BCUT2D eigenvalue weighted by Crippen LogP contribution is 2.21. The zero-order valence-corrected chi connectivity index (χ0v) is 12.9. The predicted molar refractivity (Wildman–Crippen MR) is 84.0 cm³/mol. The average molecular weight is 337 g/mol. The number of alkyl halides is 2. The van der Waals surface area contributed by atoms with Gasteiger partial charge in [0.2, 0.25) is 5.91 Å². The van der Waals surface area contributed by atoms with Gasteiger partial charge in [-0.05, 0) is 24.3 Å². The number of hydrogen-bond acceptors (Lipinski definition) is 3. The van der Waals surface area contributed by atoms with Crippen molar-refractivity contribution in [1.29, 1.82) is 0 Å². The van der Waals surface area contributed by atoms with E-state index in [1.54, 1.807) is 39.9 Å². The van der Waals surface area contributed by atoms with Crippen LogP contribution in [0.15, 0.2) is 30.5 Å². The maximum atomic E-state index is 12.3. The smallest absolute Gasteiger partial charge is 0.315 e. The summed E-state index contributed by atoms with van der Waals surface area (Å²) in [5.41, 5.74) is 1.09. The van der Waals surface area contributed by atoms with Crippen molar-refractivity contribution in [3.63, 3.8) is 0 Å². The molecule has 0 atom stereocenters. The molecule has 2 heterocycles. The van der Waals surface area contributed by atoms with Gasteiger partial charge in [0, 0.05) is 35.9 Å². The molecule has 0 radical (unpaired) electrons. The fourth-order valence-corrected chi connectivity index (χ4v) is 2.67. The third kappa shape index (κ3) is 3.53. The Kier molecular flexibility index (Phi) is 4.75. The molecule has 1 saturated heterocycles. The number of carbonyl (C=O) groups excluding carboxylic acids is 2. The third-order valence-electron chi connectivity index (χ3n) is 3.91. The van der Waals surface area contributed by atoms with E-state index in [2.05, 4.69) is 5.32 Å². The lowest BCUT2D eigenvalue weighted by molar-refractivity contribution is -0.135. The number of carbonyl (C=O) groups is 2. The summed E-state index contributed by atoms with van der Waals surface area (Å²) >= 11 is 0. The first-order valence-electron chi connectivity index (χ1n) is 7.58. The Hall–Kier alpha value is -2.48.